The van der Waals surface area contributed by atoms with Crippen LogP contribution in [0.4, 0.5) is 0 Å². The highest BCUT2D eigenvalue weighted by molar-refractivity contribution is 7.99. The molecule has 104 valence electrons. The second-order valence-electron chi connectivity index (χ2n) is 5.85. The van der Waals surface area contributed by atoms with Gasteiger partial charge in [0.2, 0.25) is 0 Å². The lowest BCUT2D eigenvalue weighted by Crippen LogP contribution is -2.35. The topological polar surface area (TPSA) is 32.3 Å². The lowest BCUT2D eigenvalue weighted by molar-refractivity contribution is 0.342. The minimum atomic E-state index is 0.403. The van der Waals surface area contributed by atoms with Gasteiger partial charge in [-0.15, -0.1) is 0 Å². The van der Waals surface area contributed by atoms with E-state index in [9.17, 15) is 5.11 Å². The Morgan fingerprint density at radius 3 is 2.68 bits per heavy atom. The lowest BCUT2D eigenvalue weighted by Gasteiger charge is -2.30. The number of nitrogens with one attached hydrogen (secondary N) is 1. The van der Waals surface area contributed by atoms with Gasteiger partial charge in [0, 0.05) is 17.3 Å². The molecule has 1 aromatic carbocycles. The van der Waals surface area contributed by atoms with Crippen LogP contribution in [0.2, 0.25) is 0 Å². The van der Waals surface area contributed by atoms with E-state index in [1.54, 1.807) is 0 Å². The van der Waals surface area contributed by atoms with Gasteiger partial charge in [-0.1, -0.05) is 6.07 Å². The monoisotopic (exact) mass is 277 g/mol. The van der Waals surface area contributed by atoms with Gasteiger partial charge in [-0.2, -0.15) is 11.8 Å². The highest BCUT2D eigenvalue weighted by Gasteiger charge is 2.27. The molecular weight excluding hydrogens is 254 g/mol. The Morgan fingerprint density at radius 2 is 1.95 bits per heavy atom. The molecule has 0 amide bonds. The average Bonchev–Trinajstić information content (AvgIpc) is 2.82. The number of phenols is 1. The van der Waals surface area contributed by atoms with Crippen molar-refractivity contribution in [1.82, 2.24) is 5.32 Å². The summed E-state index contributed by atoms with van der Waals surface area (Å²) in [7, 11) is 0. The number of thioether (sulfide) groups is 1. The third-order valence-corrected chi connectivity index (χ3v) is 5.79. The molecule has 3 heteroatoms. The standard InChI is InChI=1S/C16H23NOS/c1-19-14-6-3-12(4-7-14)17-16-9-2-11-10-13(18)5-8-15(11)16/h5,8,10,12,14,16-18H,2-4,6-7,9H2,1H3. The molecule has 0 aromatic heterocycles. The first kappa shape index (κ1) is 13.3. The Kier molecular flexibility index (Phi) is 4.04. The third-order valence-electron chi connectivity index (χ3n) is 4.65. The van der Waals surface area contributed by atoms with Crippen LogP contribution < -0.4 is 5.32 Å². The molecular formula is C16H23NOS. The van der Waals surface area contributed by atoms with Crippen molar-refractivity contribution >= 4 is 11.8 Å². The molecule has 0 heterocycles. The van der Waals surface area contributed by atoms with E-state index >= 15 is 0 Å². The average molecular weight is 277 g/mol. The molecule has 0 bridgehead atoms. The van der Waals surface area contributed by atoms with Gasteiger partial charge < -0.3 is 10.4 Å². The summed E-state index contributed by atoms with van der Waals surface area (Å²) in [5.74, 6) is 0.403. The Hall–Kier alpha value is -0.670. The fourth-order valence-electron chi connectivity index (χ4n) is 3.53. The summed E-state index contributed by atoms with van der Waals surface area (Å²) in [5.41, 5.74) is 2.74. The number of aromatic hydroxyl groups is 1. The van der Waals surface area contributed by atoms with E-state index in [1.807, 2.05) is 23.9 Å². The maximum atomic E-state index is 9.54. The number of benzene rings is 1. The maximum Gasteiger partial charge on any atom is 0.115 e. The van der Waals surface area contributed by atoms with Crippen molar-refractivity contribution in [1.29, 1.82) is 0 Å². The zero-order valence-electron chi connectivity index (χ0n) is 11.6. The molecule has 2 nitrogen and oxygen atoms in total. The molecule has 19 heavy (non-hydrogen) atoms. The molecule has 0 aliphatic heterocycles. The van der Waals surface area contributed by atoms with E-state index in [-0.39, 0.29) is 0 Å². The first-order valence-electron chi connectivity index (χ1n) is 7.37. The fourth-order valence-corrected chi connectivity index (χ4v) is 4.27. The first-order valence-corrected chi connectivity index (χ1v) is 8.65. The van der Waals surface area contributed by atoms with Crippen molar-refractivity contribution < 1.29 is 5.11 Å². The molecule has 1 unspecified atom stereocenters. The van der Waals surface area contributed by atoms with Crippen molar-refractivity contribution in [2.75, 3.05) is 6.26 Å². The van der Waals surface area contributed by atoms with Gasteiger partial charge in [0.1, 0.15) is 5.75 Å². The van der Waals surface area contributed by atoms with Crippen LogP contribution in [0, 0.1) is 0 Å². The van der Waals surface area contributed by atoms with Gasteiger partial charge in [0.15, 0.2) is 0 Å². The van der Waals surface area contributed by atoms with Crippen molar-refractivity contribution in [3.63, 3.8) is 0 Å². The number of rotatable bonds is 3. The van der Waals surface area contributed by atoms with E-state index < -0.39 is 0 Å². The van der Waals surface area contributed by atoms with Gasteiger partial charge in [0.05, 0.1) is 0 Å². The second-order valence-corrected chi connectivity index (χ2v) is 6.99. The van der Waals surface area contributed by atoms with Crippen LogP contribution >= 0.6 is 11.8 Å². The van der Waals surface area contributed by atoms with Gasteiger partial charge in [0.25, 0.3) is 0 Å². The van der Waals surface area contributed by atoms with Gasteiger partial charge in [-0.05, 0) is 68.0 Å². The largest absolute Gasteiger partial charge is 0.508 e. The van der Waals surface area contributed by atoms with Crippen LogP contribution in [-0.4, -0.2) is 22.7 Å². The molecule has 1 fully saturated rings. The molecule has 2 N–H and O–H groups in total. The van der Waals surface area contributed by atoms with E-state index in [0.717, 1.165) is 11.7 Å². The highest BCUT2D eigenvalue weighted by Crippen LogP contribution is 2.35. The third kappa shape index (κ3) is 2.92. The molecule has 0 spiro atoms. The predicted molar refractivity (Wildman–Crippen MR) is 81.9 cm³/mol. The molecule has 0 radical (unpaired) electrons. The normalized spacial score (nSPS) is 30.3. The molecule has 3 rings (SSSR count). The predicted octanol–water partition coefficient (Wildman–Crippen LogP) is 3.64. The summed E-state index contributed by atoms with van der Waals surface area (Å²) in [6, 6.07) is 7.05. The quantitative estimate of drug-likeness (QED) is 0.884. The van der Waals surface area contributed by atoms with Gasteiger partial charge in [-0.3, -0.25) is 0 Å². The minimum Gasteiger partial charge on any atom is -0.508 e. The number of hydrogen-bond donors (Lipinski definition) is 2. The van der Waals surface area contributed by atoms with Crippen molar-refractivity contribution in [2.45, 2.75) is 55.9 Å². The Labute approximate surface area is 120 Å². The fraction of sp³-hybridized carbons (Fsp3) is 0.625. The summed E-state index contributed by atoms with van der Waals surface area (Å²) in [6.45, 7) is 0. The Balaban J connectivity index is 1.61. The summed E-state index contributed by atoms with van der Waals surface area (Å²) in [4.78, 5) is 0. The number of phenolic OH excluding ortho intramolecular Hbond substituents is 1. The number of fused-ring (bicyclic) bond motifs is 1. The van der Waals surface area contributed by atoms with Gasteiger partial charge in [-0.25, -0.2) is 0 Å². The summed E-state index contributed by atoms with van der Waals surface area (Å²) in [5, 5.41) is 14.3. The number of hydrogen-bond acceptors (Lipinski definition) is 3. The van der Waals surface area contributed by atoms with Crippen LogP contribution in [0.25, 0.3) is 0 Å². The Bertz CT molecular complexity index is 440. The smallest absolute Gasteiger partial charge is 0.115 e. The molecule has 1 aromatic rings. The molecule has 1 saturated carbocycles. The molecule has 1 atom stereocenters. The van der Waals surface area contributed by atoms with E-state index in [4.69, 9.17) is 0 Å². The summed E-state index contributed by atoms with van der Waals surface area (Å²) in [6.07, 6.45) is 9.85. The van der Waals surface area contributed by atoms with Crippen molar-refractivity contribution in [3.8, 4) is 5.75 Å². The zero-order chi connectivity index (χ0) is 13.2. The minimum absolute atomic E-state index is 0.403. The Morgan fingerprint density at radius 1 is 1.16 bits per heavy atom. The number of aryl methyl sites for hydroxylation is 1. The molecule has 2 aliphatic rings. The summed E-state index contributed by atoms with van der Waals surface area (Å²) < 4.78 is 0. The second kappa shape index (κ2) is 5.76. The van der Waals surface area contributed by atoms with Crippen LogP contribution in [0.1, 0.15) is 49.3 Å². The van der Waals surface area contributed by atoms with Crippen LogP contribution in [0.15, 0.2) is 18.2 Å². The van der Waals surface area contributed by atoms with E-state index in [2.05, 4.69) is 17.6 Å². The van der Waals surface area contributed by atoms with Crippen molar-refractivity contribution in [2.24, 2.45) is 0 Å². The summed E-state index contributed by atoms with van der Waals surface area (Å²) >= 11 is 2.03. The molecule has 0 saturated heterocycles. The zero-order valence-corrected chi connectivity index (χ0v) is 12.4. The van der Waals surface area contributed by atoms with Gasteiger partial charge >= 0.3 is 0 Å². The lowest BCUT2D eigenvalue weighted by atomic mass is 9.93. The SMILES string of the molecule is CSC1CCC(NC2CCc3cc(O)ccc32)CC1. The highest BCUT2D eigenvalue weighted by atomic mass is 32.2. The van der Waals surface area contributed by atoms with Crippen molar-refractivity contribution in [3.05, 3.63) is 29.3 Å². The molecule has 2 aliphatic carbocycles. The van der Waals surface area contributed by atoms with E-state index in [1.165, 1.54) is 43.2 Å². The maximum absolute atomic E-state index is 9.54. The van der Waals surface area contributed by atoms with E-state index in [0.29, 0.717) is 17.8 Å². The van der Waals surface area contributed by atoms with Crippen LogP contribution in [0.5, 0.6) is 5.75 Å². The van der Waals surface area contributed by atoms with Crippen LogP contribution in [0.3, 0.4) is 0 Å². The van der Waals surface area contributed by atoms with Crippen LogP contribution in [-0.2, 0) is 6.42 Å². The first-order chi connectivity index (χ1) is 9.26.